The van der Waals surface area contributed by atoms with Crippen LogP contribution in [0.2, 0.25) is 0 Å². The maximum atomic E-state index is 11.8. The number of anilines is 1. The Hall–Kier alpha value is -0.910. The summed E-state index contributed by atoms with van der Waals surface area (Å²) < 4.78 is 0.966. The van der Waals surface area contributed by atoms with Gasteiger partial charge >= 0.3 is 0 Å². The first-order chi connectivity index (χ1) is 9.74. The van der Waals surface area contributed by atoms with E-state index in [0.29, 0.717) is 6.54 Å². The topological polar surface area (TPSA) is 44.4 Å². The summed E-state index contributed by atoms with van der Waals surface area (Å²) >= 11 is 3.39. The number of carbonyl (C=O) groups is 1. The summed E-state index contributed by atoms with van der Waals surface area (Å²) in [5, 5.41) is 6.08. The molecule has 1 heterocycles. The maximum absolute atomic E-state index is 11.8. The summed E-state index contributed by atoms with van der Waals surface area (Å²) in [5.74, 6) is 0.00161. The Morgan fingerprint density at radius 3 is 2.80 bits per heavy atom. The van der Waals surface area contributed by atoms with E-state index in [2.05, 4.69) is 31.5 Å². The first-order valence-corrected chi connectivity index (χ1v) is 8.02. The van der Waals surface area contributed by atoms with Gasteiger partial charge in [-0.1, -0.05) is 28.4 Å². The van der Waals surface area contributed by atoms with Gasteiger partial charge in [-0.25, -0.2) is 0 Å². The largest absolute Gasteiger partial charge is 0.325 e. The van der Waals surface area contributed by atoms with Crippen LogP contribution in [0.25, 0.3) is 0 Å². The minimum absolute atomic E-state index is 0.00161. The smallest absolute Gasteiger partial charge is 0.238 e. The molecule has 2 rings (SSSR count). The fourth-order valence-corrected chi connectivity index (χ4v) is 2.79. The molecule has 1 aliphatic rings. The lowest BCUT2D eigenvalue weighted by atomic mass is 10.1. The Balaban J connectivity index is 1.60. The van der Waals surface area contributed by atoms with E-state index in [1.807, 2.05) is 24.3 Å². The van der Waals surface area contributed by atoms with E-state index in [1.54, 1.807) is 0 Å². The number of amides is 1. The molecule has 2 N–H and O–H groups in total. The normalized spacial score (nSPS) is 16.1. The summed E-state index contributed by atoms with van der Waals surface area (Å²) in [6.45, 7) is 4.66. The van der Waals surface area contributed by atoms with Gasteiger partial charge in [-0.05, 0) is 44.1 Å². The Labute approximate surface area is 129 Å². The summed E-state index contributed by atoms with van der Waals surface area (Å²) in [6, 6.07) is 7.62. The van der Waals surface area contributed by atoms with Crippen molar-refractivity contribution < 1.29 is 4.79 Å². The van der Waals surface area contributed by atoms with E-state index in [1.165, 1.54) is 32.4 Å². The zero-order chi connectivity index (χ0) is 14.2. The molecule has 1 aliphatic heterocycles. The number of likely N-dealkylation sites (tertiary alicyclic amines) is 1. The molecule has 1 aromatic rings. The molecular weight excluding hydrogens is 318 g/mol. The monoisotopic (exact) mass is 339 g/mol. The number of piperidine rings is 1. The number of carbonyl (C=O) groups excluding carboxylic acids is 1. The van der Waals surface area contributed by atoms with Gasteiger partial charge in [-0.2, -0.15) is 0 Å². The summed E-state index contributed by atoms with van der Waals surface area (Å²) in [4.78, 5) is 14.2. The van der Waals surface area contributed by atoms with Crippen molar-refractivity contribution in [2.24, 2.45) is 0 Å². The zero-order valence-electron chi connectivity index (χ0n) is 11.7. The second kappa shape index (κ2) is 8.39. The summed E-state index contributed by atoms with van der Waals surface area (Å²) in [6.07, 6.45) is 3.98. The van der Waals surface area contributed by atoms with Gasteiger partial charge in [-0.3, -0.25) is 4.79 Å². The Morgan fingerprint density at radius 2 is 2.05 bits per heavy atom. The van der Waals surface area contributed by atoms with Crippen molar-refractivity contribution in [2.75, 3.05) is 38.0 Å². The van der Waals surface area contributed by atoms with E-state index in [4.69, 9.17) is 0 Å². The van der Waals surface area contributed by atoms with Crippen LogP contribution in [-0.4, -0.2) is 43.5 Å². The van der Waals surface area contributed by atoms with Crippen molar-refractivity contribution in [2.45, 2.75) is 19.3 Å². The number of halogens is 1. The molecule has 0 spiro atoms. The lowest BCUT2D eigenvalue weighted by Gasteiger charge is -2.26. The fourth-order valence-electron chi connectivity index (χ4n) is 2.39. The Morgan fingerprint density at radius 1 is 1.25 bits per heavy atom. The van der Waals surface area contributed by atoms with E-state index >= 15 is 0 Å². The Bertz CT molecular complexity index is 433. The van der Waals surface area contributed by atoms with Crippen LogP contribution < -0.4 is 10.6 Å². The van der Waals surface area contributed by atoms with Crippen molar-refractivity contribution in [3.8, 4) is 0 Å². The fraction of sp³-hybridized carbons (Fsp3) is 0.533. The van der Waals surface area contributed by atoms with Gasteiger partial charge in [0.25, 0.3) is 0 Å². The highest BCUT2D eigenvalue weighted by atomic mass is 79.9. The van der Waals surface area contributed by atoms with Crippen molar-refractivity contribution in [1.82, 2.24) is 10.2 Å². The number of nitrogens with one attached hydrogen (secondary N) is 2. The first-order valence-electron chi connectivity index (χ1n) is 7.22. The van der Waals surface area contributed by atoms with Crippen molar-refractivity contribution in [1.29, 1.82) is 0 Å². The third-order valence-corrected chi connectivity index (χ3v) is 3.94. The minimum atomic E-state index is 0.00161. The van der Waals surface area contributed by atoms with Gasteiger partial charge in [0.05, 0.1) is 6.54 Å². The van der Waals surface area contributed by atoms with Gasteiger partial charge in [0.1, 0.15) is 0 Å². The maximum Gasteiger partial charge on any atom is 0.238 e. The molecule has 0 aliphatic carbocycles. The van der Waals surface area contributed by atoms with Crippen molar-refractivity contribution >= 4 is 27.5 Å². The van der Waals surface area contributed by atoms with E-state index < -0.39 is 0 Å². The number of hydrogen-bond donors (Lipinski definition) is 2. The van der Waals surface area contributed by atoms with Gasteiger partial charge in [-0.15, -0.1) is 0 Å². The van der Waals surface area contributed by atoms with Crippen LogP contribution in [0.3, 0.4) is 0 Å². The molecule has 110 valence electrons. The van der Waals surface area contributed by atoms with Crippen molar-refractivity contribution in [3.63, 3.8) is 0 Å². The first kappa shape index (κ1) is 15.5. The Kier molecular flexibility index (Phi) is 6.50. The van der Waals surface area contributed by atoms with Crippen LogP contribution in [0.4, 0.5) is 5.69 Å². The molecule has 1 fully saturated rings. The molecule has 20 heavy (non-hydrogen) atoms. The lowest BCUT2D eigenvalue weighted by Crippen LogP contribution is -2.38. The van der Waals surface area contributed by atoms with Crippen LogP contribution in [0.15, 0.2) is 28.7 Å². The third-order valence-electron chi connectivity index (χ3n) is 3.45. The van der Waals surface area contributed by atoms with Crippen LogP contribution in [0.5, 0.6) is 0 Å². The summed E-state index contributed by atoms with van der Waals surface area (Å²) in [7, 11) is 0. The van der Waals surface area contributed by atoms with Gasteiger partial charge in [0, 0.05) is 23.2 Å². The van der Waals surface area contributed by atoms with Gasteiger partial charge in [0.15, 0.2) is 0 Å². The molecule has 0 atom stereocenters. The number of hydrogen-bond acceptors (Lipinski definition) is 3. The standard InChI is InChI=1S/C15H22BrN3O/c16-13-5-4-6-14(11-13)18-15(20)12-17-7-10-19-8-2-1-3-9-19/h4-6,11,17H,1-3,7-10,12H2,(H,18,20). The predicted octanol–water partition coefficient (Wildman–Crippen LogP) is 2.46. The van der Waals surface area contributed by atoms with Crippen LogP contribution >= 0.6 is 15.9 Å². The average molecular weight is 340 g/mol. The molecule has 0 unspecified atom stereocenters. The molecule has 0 bridgehead atoms. The highest BCUT2D eigenvalue weighted by Crippen LogP contribution is 2.15. The molecule has 5 heteroatoms. The van der Waals surface area contributed by atoms with Crippen LogP contribution in [0, 0.1) is 0 Å². The molecule has 0 saturated carbocycles. The van der Waals surface area contributed by atoms with E-state index in [9.17, 15) is 4.79 Å². The highest BCUT2D eigenvalue weighted by molar-refractivity contribution is 9.10. The van der Waals surface area contributed by atoms with Crippen molar-refractivity contribution in [3.05, 3.63) is 28.7 Å². The molecule has 0 radical (unpaired) electrons. The summed E-state index contributed by atoms with van der Waals surface area (Å²) in [5.41, 5.74) is 0.821. The molecule has 1 aromatic carbocycles. The van der Waals surface area contributed by atoms with Gasteiger partial charge in [0.2, 0.25) is 5.91 Å². The second-order valence-electron chi connectivity index (χ2n) is 5.14. The average Bonchev–Trinajstić information content (AvgIpc) is 2.45. The third kappa shape index (κ3) is 5.61. The highest BCUT2D eigenvalue weighted by Gasteiger charge is 2.09. The second-order valence-corrected chi connectivity index (χ2v) is 6.05. The zero-order valence-corrected chi connectivity index (χ0v) is 13.3. The molecule has 1 amide bonds. The van der Waals surface area contributed by atoms with Crippen LogP contribution in [-0.2, 0) is 4.79 Å². The predicted molar refractivity (Wildman–Crippen MR) is 85.9 cm³/mol. The number of benzene rings is 1. The number of rotatable bonds is 6. The van der Waals surface area contributed by atoms with E-state index in [0.717, 1.165) is 23.2 Å². The quantitative estimate of drug-likeness (QED) is 0.782. The molecular formula is C15H22BrN3O. The van der Waals surface area contributed by atoms with Crippen LogP contribution in [0.1, 0.15) is 19.3 Å². The number of nitrogens with zero attached hydrogens (tertiary/aromatic N) is 1. The van der Waals surface area contributed by atoms with E-state index in [-0.39, 0.29) is 5.91 Å². The molecule has 1 saturated heterocycles. The minimum Gasteiger partial charge on any atom is -0.325 e. The SMILES string of the molecule is O=C(CNCCN1CCCCC1)Nc1cccc(Br)c1. The molecule has 4 nitrogen and oxygen atoms in total. The molecule has 0 aromatic heterocycles. The lowest BCUT2D eigenvalue weighted by molar-refractivity contribution is -0.115. The van der Waals surface area contributed by atoms with Gasteiger partial charge < -0.3 is 15.5 Å².